The smallest absolute Gasteiger partial charge is 0.259 e. The lowest BCUT2D eigenvalue weighted by molar-refractivity contribution is 0.0947. The molecule has 0 saturated carbocycles. The quantitative estimate of drug-likeness (QED) is 0.664. The lowest BCUT2D eigenvalue weighted by Crippen LogP contribution is -2.31. The highest BCUT2D eigenvalue weighted by molar-refractivity contribution is 7.99. The molecular formula is C24H22N2O2S. The number of amides is 2. The van der Waals surface area contributed by atoms with Crippen molar-refractivity contribution in [2.75, 3.05) is 11.4 Å². The van der Waals surface area contributed by atoms with Gasteiger partial charge in [0.15, 0.2) is 0 Å². The third-order valence-corrected chi connectivity index (χ3v) is 6.25. The molecule has 3 aromatic carbocycles. The monoisotopic (exact) mass is 402 g/mol. The van der Waals surface area contributed by atoms with Crippen LogP contribution in [-0.2, 0) is 6.54 Å². The summed E-state index contributed by atoms with van der Waals surface area (Å²) < 4.78 is 0. The second kappa shape index (κ2) is 8.13. The fourth-order valence-corrected chi connectivity index (χ4v) is 4.52. The molecule has 1 N–H and O–H groups in total. The molecule has 0 saturated heterocycles. The Balaban J connectivity index is 1.62. The molecule has 0 aliphatic carbocycles. The number of nitrogens with zero attached hydrogens (tertiary/aromatic N) is 1. The van der Waals surface area contributed by atoms with E-state index >= 15 is 0 Å². The highest BCUT2D eigenvalue weighted by Gasteiger charge is 2.26. The van der Waals surface area contributed by atoms with E-state index in [0.29, 0.717) is 24.2 Å². The minimum atomic E-state index is -0.147. The molecule has 0 radical (unpaired) electrons. The Labute approximate surface area is 174 Å². The normalized spacial score (nSPS) is 12.8. The SMILES string of the molecule is CCN1C(=O)c2ccccc2Sc2ccc(C(=O)NCc3ccccc3C)cc21. The Hall–Kier alpha value is -3.05. The Morgan fingerprint density at radius 3 is 2.55 bits per heavy atom. The number of benzene rings is 3. The van der Waals surface area contributed by atoms with E-state index < -0.39 is 0 Å². The van der Waals surface area contributed by atoms with E-state index in [9.17, 15) is 9.59 Å². The average molecular weight is 403 g/mol. The molecule has 0 atom stereocenters. The minimum absolute atomic E-state index is 0.0354. The molecular weight excluding hydrogens is 380 g/mol. The van der Waals surface area contributed by atoms with Gasteiger partial charge in [0, 0.05) is 28.4 Å². The molecule has 29 heavy (non-hydrogen) atoms. The summed E-state index contributed by atoms with van der Waals surface area (Å²) in [5.74, 6) is -0.182. The second-order valence-electron chi connectivity index (χ2n) is 6.94. The fourth-order valence-electron chi connectivity index (χ4n) is 3.46. The zero-order valence-electron chi connectivity index (χ0n) is 16.4. The van der Waals surface area contributed by atoms with E-state index in [0.717, 1.165) is 26.6 Å². The molecule has 146 valence electrons. The summed E-state index contributed by atoms with van der Waals surface area (Å²) >= 11 is 1.56. The van der Waals surface area contributed by atoms with Crippen LogP contribution in [0.3, 0.4) is 0 Å². The molecule has 1 aliphatic rings. The van der Waals surface area contributed by atoms with Crippen molar-refractivity contribution in [1.29, 1.82) is 0 Å². The summed E-state index contributed by atoms with van der Waals surface area (Å²) in [7, 11) is 0. The van der Waals surface area contributed by atoms with Gasteiger partial charge < -0.3 is 10.2 Å². The Kier molecular flexibility index (Phi) is 5.41. The molecule has 4 rings (SSSR count). The van der Waals surface area contributed by atoms with Crippen molar-refractivity contribution in [2.45, 2.75) is 30.2 Å². The zero-order chi connectivity index (χ0) is 20.4. The van der Waals surface area contributed by atoms with E-state index in [-0.39, 0.29) is 11.8 Å². The van der Waals surface area contributed by atoms with Crippen LogP contribution in [0.15, 0.2) is 76.5 Å². The first kappa shape index (κ1) is 19.3. The third kappa shape index (κ3) is 3.78. The molecule has 0 aromatic heterocycles. The van der Waals surface area contributed by atoms with Crippen LogP contribution in [0.4, 0.5) is 5.69 Å². The van der Waals surface area contributed by atoms with E-state index in [1.165, 1.54) is 0 Å². The van der Waals surface area contributed by atoms with Gasteiger partial charge >= 0.3 is 0 Å². The molecule has 0 fully saturated rings. The first-order chi connectivity index (χ1) is 14.1. The van der Waals surface area contributed by atoms with Gasteiger partial charge in [-0.3, -0.25) is 9.59 Å². The maximum atomic E-state index is 13.1. The van der Waals surface area contributed by atoms with Crippen LogP contribution in [0.25, 0.3) is 0 Å². The van der Waals surface area contributed by atoms with E-state index in [1.54, 1.807) is 16.7 Å². The zero-order valence-corrected chi connectivity index (χ0v) is 17.3. The van der Waals surface area contributed by atoms with Crippen LogP contribution >= 0.6 is 11.8 Å². The van der Waals surface area contributed by atoms with Gasteiger partial charge in [-0.05, 0) is 55.3 Å². The first-order valence-corrected chi connectivity index (χ1v) is 10.5. The molecule has 5 heteroatoms. The number of hydrogen-bond donors (Lipinski definition) is 1. The van der Waals surface area contributed by atoms with Crippen molar-refractivity contribution in [1.82, 2.24) is 5.32 Å². The van der Waals surface area contributed by atoms with Crippen LogP contribution in [0.5, 0.6) is 0 Å². The summed E-state index contributed by atoms with van der Waals surface area (Å²) in [6.45, 7) is 4.99. The first-order valence-electron chi connectivity index (χ1n) is 9.64. The second-order valence-corrected chi connectivity index (χ2v) is 8.02. The molecule has 1 heterocycles. The number of aryl methyl sites for hydroxylation is 1. The Morgan fingerprint density at radius 1 is 1.00 bits per heavy atom. The Bertz CT molecular complexity index is 1090. The van der Waals surface area contributed by atoms with Gasteiger partial charge in [-0.2, -0.15) is 0 Å². The lowest BCUT2D eigenvalue weighted by atomic mass is 10.1. The molecule has 0 spiro atoms. The van der Waals surface area contributed by atoms with Gasteiger partial charge in [-0.15, -0.1) is 0 Å². The van der Waals surface area contributed by atoms with Gasteiger partial charge in [0.1, 0.15) is 0 Å². The molecule has 1 aliphatic heterocycles. The van der Waals surface area contributed by atoms with Crippen molar-refractivity contribution < 1.29 is 9.59 Å². The predicted molar refractivity (Wildman–Crippen MR) is 117 cm³/mol. The van der Waals surface area contributed by atoms with Crippen molar-refractivity contribution in [3.05, 3.63) is 89.0 Å². The average Bonchev–Trinajstić information content (AvgIpc) is 2.86. The van der Waals surface area contributed by atoms with Crippen LogP contribution in [0.1, 0.15) is 38.8 Å². The summed E-state index contributed by atoms with van der Waals surface area (Å²) in [4.78, 5) is 29.5. The van der Waals surface area contributed by atoms with Gasteiger partial charge in [-0.25, -0.2) is 0 Å². The highest BCUT2D eigenvalue weighted by atomic mass is 32.2. The molecule has 3 aromatic rings. The van der Waals surface area contributed by atoms with Crippen LogP contribution in [0, 0.1) is 6.92 Å². The standard InChI is InChI=1S/C24H22N2O2S/c1-3-26-20-14-17(23(27)25-15-18-9-5-4-8-16(18)2)12-13-22(20)29-21-11-7-6-10-19(21)24(26)28/h4-14H,3,15H2,1-2H3,(H,25,27). The summed E-state index contributed by atoms with van der Waals surface area (Å²) in [5, 5.41) is 2.99. The van der Waals surface area contributed by atoms with Crippen molar-refractivity contribution in [2.24, 2.45) is 0 Å². The number of anilines is 1. The molecule has 0 bridgehead atoms. The van der Waals surface area contributed by atoms with Crippen molar-refractivity contribution in [3.63, 3.8) is 0 Å². The van der Waals surface area contributed by atoms with Crippen LogP contribution in [0.2, 0.25) is 0 Å². The summed E-state index contributed by atoms with van der Waals surface area (Å²) in [6.07, 6.45) is 0. The maximum Gasteiger partial charge on any atom is 0.259 e. The topological polar surface area (TPSA) is 49.4 Å². The van der Waals surface area contributed by atoms with E-state index in [4.69, 9.17) is 0 Å². The maximum absolute atomic E-state index is 13.1. The number of fused-ring (bicyclic) bond motifs is 2. The Morgan fingerprint density at radius 2 is 1.76 bits per heavy atom. The van der Waals surface area contributed by atoms with Crippen molar-refractivity contribution >= 4 is 29.3 Å². The van der Waals surface area contributed by atoms with Gasteiger partial charge in [0.05, 0.1) is 11.3 Å². The minimum Gasteiger partial charge on any atom is -0.348 e. The van der Waals surface area contributed by atoms with Crippen LogP contribution in [-0.4, -0.2) is 18.4 Å². The van der Waals surface area contributed by atoms with E-state index in [2.05, 4.69) is 5.32 Å². The molecule has 2 amide bonds. The van der Waals surface area contributed by atoms with E-state index in [1.807, 2.05) is 80.6 Å². The number of nitrogens with one attached hydrogen (secondary N) is 1. The van der Waals surface area contributed by atoms with Crippen molar-refractivity contribution in [3.8, 4) is 0 Å². The lowest BCUT2D eigenvalue weighted by Gasteiger charge is -2.21. The molecule has 4 nitrogen and oxygen atoms in total. The highest BCUT2D eigenvalue weighted by Crippen LogP contribution is 2.41. The fraction of sp³-hybridized carbons (Fsp3) is 0.167. The largest absolute Gasteiger partial charge is 0.348 e. The summed E-state index contributed by atoms with van der Waals surface area (Å²) in [6, 6.07) is 21.2. The van der Waals surface area contributed by atoms with Gasteiger partial charge in [0.2, 0.25) is 0 Å². The van der Waals surface area contributed by atoms with Gasteiger partial charge in [-0.1, -0.05) is 48.2 Å². The van der Waals surface area contributed by atoms with Crippen LogP contribution < -0.4 is 10.2 Å². The predicted octanol–water partition coefficient (Wildman–Crippen LogP) is 5.06. The number of rotatable bonds is 4. The van der Waals surface area contributed by atoms with Gasteiger partial charge in [0.25, 0.3) is 11.8 Å². The third-order valence-electron chi connectivity index (χ3n) is 5.11. The number of hydrogen-bond acceptors (Lipinski definition) is 3. The summed E-state index contributed by atoms with van der Waals surface area (Å²) in [5.41, 5.74) is 4.26. The molecule has 0 unspecified atom stereocenters. The number of carbonyl (C=O) groups excluding carboxylic acids is 2. The number of carbonyl (C=O) groups is 2.